The minimum Gasteiger partial charge on any atom is -0.120 e. The van der Waals surface area contributed by atoms with Crippen LogP contribution in [-0.4, -0.2) is 39.2 Å². The summed E-state index contributed by atoms with van der Waals surface area (Å²) in [7, 11) is 10.9. The fourth-order valence-electron chi connectivity index (χ4n) is 2.38. The van der Waals surface area contributed by atoms with Crippen LogP contribution in [0, 0.1) is 0 Å². The minimum absolute atomic E-state index is 1.05. The van der Waals surface area contributed by atoms with E-state index in [4.69, 9.17) is 0 Å². The molecule has 22 heavy (non-hydrogen) atoms. The molecule has 0 fully saturated rings. The first-order valence-electron chi connectivity index (χ1n) is 8.17. The lowest BCUT2D eigenvalue weighted by Crippen LogP contribution is -2.00. The van der Waals surface area contributed by atoms with Crippen molar-refractivity contribution in [3.63, 3.8) is 0 Å². The third kappa shape index (κ3) is 6.26. The third-order valence-corrected chi connectivity index (χ3v) is 4.24. The van der Waals surface area contributed by atoms with E-state index < -0.39 is 0 Å². The molecule has 0 bridgehead atoms. The van der Waals surface area contributed by atoms with Gasteiger partial charge in [-0.2, -0.15) is 0 Å². The van der Waals surface area contributed by atoms with Crippen molar-refractivity contribution < 1.29 is 0 Å². The lowest BCUT2D eigenvalue weighted by atomic mass is 9.70. The van der Waals surface area contributed by atoms with Gasteiger partial charge in [-0.1, -0.05) is 60.6 Å². The van der Waals surface area contributed by atoms with Gasteiger partial charge in [0.1, 0.15) is 39.2 Å². The Labute approximate surface area is 142 Å². The van der Waals surface area contributed by atoms with Crippen molar-refractivity contribution in [3.8, 4) is 0 Å². The van der Waals surface area contributed by atoms with E-state index in [1.165, 1.54) is 38.5 Å². The SMILES string of the molecule is BC(=C/C=C(B)/C(B)=C(/B)C)/C(C(/B)=C\CC)=C(/C)C(=C)C. The molecule has 0 spiro atoms. The molecule has 5 heteroatoms. The minimum atomic E-state index is 1.05. The number of rotatable bonds is 6. The molecule has 0 aliphatic heterocycles. The quantitative estimate of drug-likeness (QED) is 0.488. The average molecular weight is 287 g/mol. The summed E-state index contributed by atoms with van der Waals surface area (Å²) in [6.07, 6.45) is 7.80. The topological polar surface area (TPSA) is 0 Å². The van der Waals surface area contributed by atoms with Crippen LogP contribution in [0.1, 0.15) is 34.1 Å². The molecule has 0 aromatic rings. The fourth-order valence-corrected chi connectivity index (χ4v) is 2.38. The van der Waals surface area contributed by atoms with Gasteiger partial charge < -0.3 is 0 Å². The molecule has 0 aromatic carbocycles. The van der Waals surface area contributed by atoms with Crippen molar-refractivity contribution in [2.45, 2.75) is 34.1 Å². The highest BCUT2D eigenvalue weighted by molar-refractivity contribution is 6.41. The molecule has 0 N–H and O–H groups in total. The van der Waals surface area contributed by atoms with Crippen LogP contribution in [0.4, 0.5) is 0 Å². The molecule has 0 unspecified atom stereocenters. The Morgan fingerprint density at radius 1 is 0.864 bits per heavy atom. The zero-order valence-electron chi connectivity index (χ0n) is 16.1. The highest BCUT2D eigenvalue weighted by Gasteiger charge is 2.07. The number of hydrogen-bond donors (Lipinski definition) is 0. The molecular formula is C17H29B5. The predicted octanol–water partition coefficient (Wildman–Crippen LogP) is 0.338. The Kier molecular flexibility index (Phi) is 9.17. The van der Waals surface area contributed by atoms with E-state index in [2.05, 4.69) is 91.7 Å². The van der Waals surface area contributed by atoms with Crippen LogP contribution in [0.3, 0.4) is 0 Å². The van der Waals surface area contributed by atoms with E-state index in [0.717, 1.165) is 12.0 Å². The second-order valence-electron chi connectivity index (χ2n) is 6.40. The van der Waals surface area contributed by atoms with Gasteiger partial charge in [0.05, 0.1) is 0 Å². The van der Waals surface area contributed by atoms with E-state index in [9.17, 15) is 0 Å². The molecule has 0 atom stereocenters. The fraction of sp³-hybridized carbons (Fsp3) is 0.294. The van der Waals surface area contributed by atoms with E-state index in [0.29, 0.717) is 0 Å². The zero-order chi connectivity index (χ0) is 17.4. The Hall–Kier alpha value is -1.24. The van der Waals surface area contributed by atoms with E-state index in [1.54, 1.807) is 0 Å². The lowest BCUT2D eigenvalue weighted by molar-refractivity contribution is 1.20. The van der Waals surface area contributed by atoms with E-state index in [-0.39, 0.29) is 0 Å². The zero-order valence-corrected chi connectivity index (χ0v) is 16.1. The second-order valence-corrected chi connectivity index (χ2v) is 6.40. The Morgan fingerprint density at radius 2 is 1.36 bits per heavy atom. The summed E-state index contributed by atoms with van der Waals surface area (Å²) in [5.74, 6) is 0. The second kappa shape index (κ2) is 9.72. The molecule has 0 saturated carbocycles. The Morgan fingerprint density at radius 3 is 1.77 bits per heavy atom. The van der Waals surface area contributed by atoms with Gasteiger partial charge in [-0.3, -0.25) is 0 Å². The summed E-state index contributed by atoms with van der Waals surface area (Å²) in [5, 5.41) is 0. The summed E-state index contributed by atoms with van der Waals surface area (Å²) in [4.78, 5) is 0. The molecule has 112 valence electrons. The Bertz CT molecular complexity index is 582. The van der Waals surface area contributed by atoms with Crippen molar-refractivity contribution in [3.05, 3.63) is 68.9 Å². The summed E-state index contributed by atoms with van der Waals surface area (Å²) < 4.78 is 0. The molecule has 0 radical (unpaired) electrons. The largest absolute Gasteiger partial charge is 0.140 e. The first kappa shape index (κ1) is 20.8. The monoisotopic (exact) mass is 288 g/mol. The summed E-state index contributed by atoms with van der Waals surface area (Å²) in [5.41, 5.74) is 10.4. The molecule has 0 rings (SSSR count). The van der Waals surface area contributed by atoms with Crippen LogP contribution in [0.2, 0.25) is 0 Å². The molecule has 0 amide bonds. The normalized spacial score (nSPS) is 16.1. The van der Waals surface area contributed by atoms with Crippen LogP contribution in [-0.2, 0) is 0 Å². The number of hydrogen-bond acceptors (Lipinski definition) is 0. The van der Waals surface area contributed by atoms with Crippen LogP contribution < -0.4 is 0 Å². The van der Waals surface area contributed by atoms with Crippen molar-refractivity contribution in [2.24, 2.45) is 0 Å². The van der Waals surface area contributed by atoms with Crippen molar-refractivity contribution in [2.75, 3.05) is 0 Å². The smallest absolute Gasteiger partial charge is 0.120 e. The lowest BCUT2D eigenvalue weighted by Gasteiger charge is -2.15. The van der Waals surface area contributed by atoms with Gasteiger partial charge in [0.25, 0.3) is 0 Å². The molecule has 0 heterocycles. The third-order valence-electron chi connectivity index (χ3n) is 4.24. The maximum Gasteiger partial charge on any atom is 0.140 e. The molecule has 0 aliphatic rings. The molecule has 0 saturated heterocycles. The summed E-state index contributed by atoms with van der Waals surface area (Å²) in [6, 6.07) is 0. The van der Waals surface area contributed by atoms with Crippen LogP contribution in [0.25, 0.3) is 0 Å². The molecule has 0 aliphatic carbocycles. The van der Waals surface area contributed by atoms with Gasteiger partial charge in [-0.25, -0.2) is 0 Å². The molecular weight excluding hydrogens is 258 g/mol. The number of allylic oxidation sites excluding steroid dienone is 11. The van der Waals surface area contributed by atoms with Gasteiger partial charge in [0, 0.05) is 0 Å². The Balaban J connectivity index is 5.92. The predicted molar refractivity (Wildman–Crippen MR) is 117 cm³/mol. The molecule has 0 aromatic heterocycles. The van der Waals surface area contributed by atoms with Crippen molar-refractivity contribution in [1.82, 2.24) is 0 Å². The van der Waals surface area contributed by atoms with Gasteiger partial charge in [0.15, 0.2) is 0 Å². The van der Waals surface area contributed by atoms with Gasteiger partial charge in [-0.05, 0) is 31.4 Å². The first-order chi connectivity index (χ1) is 10.1. The van der Waals surface area contributed by atoms with Gasteiger partial charge in [-0.15, -0.1) is 10.9 Å². The summed E-state index contributed by atoms with van der Waals surface area (Å²) in [6.45, 7) is 12.7. The van der Waals surface area contributed by atoms with Crippen LogP contribution in [0.5, 0.6) is 0 Å². The molecule has 0 nitrogen and oxygen atoms in total. The van der Waals surface area contributed by atoms with E-state index in [1.807, 2.05) is 0 Å². The highest BCUT2D eigenvalue weighted by atomic mass is 14.1. The van der Waals surface area contributed by atoms with Gasteiger partial charge in [0.2, 0.25) is 0 Å². The van der Waals surface area contributed by atoms with Crippen molar-refractivity contribution in [1.29, 1.82) is 0 Å². The standard InChI is InChI=1S/C17H29B5/c1-6-7-13(19)16(11(4)10(2)3)14(20)8-9-15(21)17(22)12(5)18/h7-9H,2,6,18-22H2,1,3-5H3/b13-7+,14-8+,15-9-,16-11-,17-12-. The average Bonchev–Trinajstić information content (AvgIpc) is 2.43. The first-order valence-corrected chi connectivity index (χ1v) is 8.17. The summed E-state index contributed by atoms with van der Waals surface area (Å²) >= 11 is 0. The van der Waals surface area contributed by atoms with Gasteiger partial charge >= 0.3 is 0 Å². The maximum absolute atomic E-state index is 4.11. The highest BCUT2D eigenvalue weighted by Crippen LogP contribution is 2.24. The van der Waals surface area contributed by atoms with Crippen LogP contribution in [0.15, 0.2) is 68.9 Å². The maximum atomic E-state index is 4.11. The van der Waals surface area contributed by atoms with E-state index >= 15 is 0 Å². The van der Waals surface area contributed by atoms with Crippen LogP contribution >= 0.6 is 0 Å². The van der Waals surface area contributed by atoms with Crippen molar-refractivity contribution >= 4 is 39.2 Å².